The Morgan fingerprint density at radius 1 is 1.25 bits per heavy atom. The molecule has 2 N–H and O–H groups in total. The fraction of sp³-hybridized carbons (Fsp3) is 0.625. The molecule has 1 fully saturated rings. The van der Waals surface area contributed by atoms with Crippen LogP contribution in [0.3, 0.4) is 0 Å². The van der Waals surface area contributed by atoms with Gasteiger partial charge in [-0.3, -0.25) is 4.90 Å². The van der Waals surface area contributed by atoms with Gasteiger partial charge < -0.3 is 15.4 Å². The number of ether oxygens (including phenoxy) is 1. The molecular formula is C16H25N3O. The smallest absolute Gasteiger partial charge is 0.119 e. The first kappa shape index (κ1) is 13.9. The summed E-state index contributed by atoms with van der Waals surface area (Å²) < 4.78 is 5.90. The zero-order chi connectivity index (χ0) is 13.9. The first-order valence-corrected chi connectivity index (χ1v) is 7.64. The highest BCUT2D eigenvalue weighted by molar-refractivity contribution is 5.40. The van der Waals surface area contributed by atoms with Gasteiger partial charge in [0, 0.05) is 38.8 Å². The third-order valence-electron chi connectivity index (χ3n) is 4.51. The third-order valence-corrected chi connectivity index (χ3v) is 4.51. The Labute approximate surface area is 121 Å². The van der Waals surface area contributed by atoms with Gasteiger partial charge in [0.25, 0.3) is 0 Å². The van der Waals surface area contributed by atoms with Crippen molar-refractivity contribution in [3.8, 4) is 5.75 Å². The van der Waals surface area contributed by atoms with Crippen molar-refractivity contribution in [2.45, 2.75) is 18.9 Å². The maximum atomic E-state index is 6.05. The molecule has 2 aliphatic rings. The summed E-state index contributed by atoms with van der Waals surface area (Å²) in [5, 5.41) is 0. The number of aryl methyl sites for hydroxylation is 1. The molecule has 1 atom stereocenters. The fourth-order valence-corrected chi connectivity index (χ4v) is 3.08. The normalized spacial score (nSPS) is 23.8. The highest BCUT2D eigenvalue weighted by atomic mass is 16.5. The number of nitrogens with two attached hydrogens (primary N) is 1. The van der Waals surface area contributed by atoms with Gasteiger partial charge in [0.1, 0.15) is 12.4 Å². The maximum absolute atomic E-state index is 6.05. The van der Waals surface area contributed by atoms with Gasteiger partial charge >= 0.3 is 0 Å². The van der Waals surface area contributed by atoms with Gasteiger partial charge in [0.2, 0.25) is 0 Å². The van der Waals surface area contributed by atoms with E-state index in [4.69, 9.17) is 10.5 Å². The van der Waals surface area contributed by atoms with E-state index in [0.29, 0.717) is 0 Å². The van der Waals surface area contributed by atoms with Crippen LogP contribution in [0.1, 0.15) is 23.6 Å². The van der Waals surface area contributed by atoms with Gasteiger partial charge in [0.05, 0.1) is 0 Å². The van der Waals surface area contributed by atoms with Crippen molar-refractivity contribution < 1.29 is 4.74 Å². The SMILES string of the molecule is CN1CCN(CCOc2ccc3c(c2)CC[C@H]3N)CC1. The Hall–Kier alpha value is -1.10. The lowest BCUT2D eigenvalue weighted by Gasteiger charge is -2.32. The molecule has 0 aromatic heterocycles. The quantitative estimate of drug-likeness (QED) is 0.898. The van der Waals surface area contributed by atoms with Gasteiger partial charge in [-0.15, -0.1) is 0 Å². The van der Waals surface area contributed by atoms with Crippen molar-refractivity contribution in [3.63, 3.8) is 0 Å². The summed E-state index contributed by atoms with van der Waals surface area (Å²) in [7, 11) is 2.18. The molecule has 1 aliphatic carbocycles. The lowest BCUT2D eigenvalue weighted by molar-refractivity contribution is 0.133. The number of fused-ring (bicyclic) bond motifs is 1. The van der Waals surface area contributed by atoms with Crippen LogP contribution in [0.2, 0.25) is 0 Å². The number of rotatable bonds is 4. The number of benzene rings is 1. The molecule has 0 spiro atoms. The van der Waals surface area contributed by atoms with Gasteiger partial charge in [-0.1, -0.05) is 6.07 Å². The average molecular weight is 275 g/mol. The largest absolute Gasteiger partial charge is 0.492 e. The van der Waals surface area contributed by atoms with Crippen LogP contribution in [0.15, 0.2) is 18.2 Å². The standard InChI is InChI=1S/C16H25N3O/c1-18-6-8-19(9-7-18)10-11-20-14-3-4-15-13(12-14)2-5-16(15)17/h3-4,12,16H,2,5-11,17H2,1H3/t16-/m1/s1. The molecule has 3 rings (SSSR count). The molecule has 1 aromatic rings. The summed E-state index contributed by atoms with van der Waals surface area (Å²) >= 11 is 0. The Morgan fingerprint density at radius 3 is 2.85 bits per heavy atom. The van der Waals surface area contributed by atoms with Gasteiger partial charge in [0.15, 0.2) is 0 Å². The van der Waals surface area contributed by atoms with Crippen molar-refractivity contribution >= 4 is 0 Å². The molecule has 4 heteroatoms. The minimum Gasteiger partial charge on any atom is -0.492 e. The second-order valence-corrected chi connectivity index (χ2v) is 6.00. The highest BCUT2D eigenvalue weighted by Gasteiger charge is 2.19. The molecule has 1 aliphatic heterocycles. The number of nitrogens with zero attached hydrogens (tertiary/aromatic N) is 2. The Kier molecular flexibility index (Phi) is 4.24. The van der Waals surface area contributed by atoms with E-state index in [1.165, 1.54) is 11.1 Å². The minimum absolute atomic E-state index is 0.226. The van der Waals surface area contributed by atoms with Crippen LogP contribution in [0.5, 0.6) is 5.75 Å². The van der Waals surface area contributed by atoms with Gasteiger partial charge in [-0.2, -0.15) is 0 Å². The van der Waals surface area contributed by atoms with E-state index in [0.717, 1.165) is 57.9 Å². The topological polar surface area (TPSA) is 41.7 Å². The van der Waals surface area contributed by atoms with Crippen LogP contribution in [0, 0.1) is 0 Å². The zero-order valence-corrected chi connectivity index (χ0v) is 12.3. The van der Waals surface area contributed by atoms with Crippen LogP contribution in [0.25, 0.3) is 0 Å². The number of likely N-dealkylation sites (N-methyl/N-ethyl adjacent to an activating group) is 1. The monoisotopic (exact) mass is 275 g/mol. The van der Waals surface area contributed by atoms with E-state index < -0.39 is 0 Å². The molecule has 1 heterocycles. The predicted molar refractivity (Wildman–Crippen MR) is 81.1 cm³/mol. The van der Waals surface area contributed by atoms with Crippen molar-refractivity contribution in [2.24, 2.45) is 5.73 Å². The van der Waals surface area contributed by atoms with Crippen LogP contribution < -0.4 is 10.5 Å². The summed E-state index contributed by atoms with van der Waals surface area (Å²) in [6, 6.07) is 6.60. The first-order valence-electron chi connectivity index (χ1n) is 7.64. The Morgan fingerprint density at radius 2 is 2.05 bits per heavy atom. The number of piperazine rings is 1. The van der Waals surface area contributed by atoms with Crippen LogP contribution in [0.4, 0.5) is 0 Å². The Bertz CT molecular complexity index is 455. The average Bonchev–Trinajstić information content (AvgIpc) is 2.82. The van der Waals surface area contributed by atoms with E-state index in [2.05, 4.69) is 35.0 Å². The lowest BCUT2D eigenvalue weighted by atomic mass is 10.1. The van der Waals surface area contributed by atoms with Crippen molar-refractivity contribution in [1.29, 1.82) is 0 Å². The molecule has 4 nitrogen and oxygen atoms in total. The van der Waals surface area contributed by atoms with Gasteiger partial charge in [-0.25, -0.2) is 0 Å². The van der Waals surface area contributed by atoms with E-state index in [9.17, 15) is 0 Å². The third kappa shape index (κ3) is 3.14. The molecular weight excluding hydrogens is 250 g/mol. The predicted octanol–water partition coefficient (Wildman–Crippen LogP) is 1.26. The summed E-state index contributed by atoms with van der Waals surface area (Å²) in [6.45, 7) is 6.42. The van der Waals surface area contributed by atoms with E-state index in [1.54, 1.807) is 0 Å². The highest BCUT2D eigenvalue weighted by Crippen LogP contribution is 2.31. The minimum atomic E-state index is 0.226. The lowest BCUT2D eigenvalue weighted by Crippen LogP contribution is -2.45. The molecule has 0 bridgehead atoms. The molecule has 110 valence electrons. The number of hydrogen-bond donors (Lipinski definition) is 1. The van der Waals surface area contributed by atoms with E-state index >= 15 is 0 Å². The molecule has 0 radical (unpaired) electrons. The molecule has 20 heavy (non-hydrogen) atoms. The molecule has 0 amide bonds. The second-order valence-electron chi connectivity index (χ2n) is 6.00. The molecule has 1 aromatic carbocycles. The zero-order valence-electron chi connectivity index (χ0n) is 12.3. The molecule has 0 unspecified atom stereocenters. The van der Waals surface area contributed by atoms with Crippen molar-refractivity contribution in [3.05, 3.63) is 29.3 Å². The van der Waals surface area contributed by atoms with Crippen LogP contribution in [-0.4, -0.2) is 56.2 Å². The number of hydrogen-bond acceptors (Lipinski definition) is 4. The second kappa shape index (κ2) is 6.12. The van der Waals surface area contributed by atoms with E-state index in [1.807, 2.05) is 0 Å². The van der Waals surface area contributed by atoms with Crippen LogP contribution in [-0.2, 0) is 6.42 Å². The van der Waals surface area contributed by atoms with Crippen molar-refractivity contribution in [1.82, 2.24) is 9.80 Å². The van der Waals surface area contributed by atoms with E-state index in [-0.39, 0.29) is 6.04 Å². The summed E-state index contributed by atoms with van der Waals surface area (Å²) in [5.74, 6) is 0.993. The van der Waals surface area contributed by atoms with Crippen molar-refractivity contribution in [2.75, 3.05) is 46.4 Å². The Balaban J connectivity index is 1.47. The summed E-state index contributed by atoms with van der Waals surface area (Å²) in [4.78, 5) is 4.85. The maximum Gasteiger partial charge on any atom is 0.119 e. The fourth-order valence-electron chi connectivity index (χ4n) is 3.08. The first-order chi connectivity index (χ1) is 9.72. The van der Waals surface area contributed by atoms with Gasteiger partial charge in [-0.05, 0) is 43.1 Å². The molecule has 0 saturated carbocycles. The van der Waals surface area contributed by atoms with Crippen LogP contribution >= 0.6 is 0 Å². The summed E-state index contributed by atoms with van der Waals surface area (Å²) in [5.41, 5.74) is 8.73. The summed E-state index contributed by atoms with van der Waals surface area (Å²) in [6.07, 6.45) is 2.16. The molecule has 1 saturated heterocycles.